The SMILES string of the molecule is CCCCCCCCCC/C=C\CCCCCCCCCCCCCCCCCCCCCCCC(=O)NC(COC1OC(CO)C(OC2OC(CO)C(OC3OC(CO)C(O)C(O)C3O)C(O)C2O)C(O)C1O)C(O)/C=C/CC/C=C/CC/C=C/CCCCCCCCCC. The molecular formula is C77H141NO18. The Morgan fingerprint density at radius 1 is 0.365 bits per heavy atom. The van der Waals surface area contributed by atoms with Gasteiger partial charge in [0.15, 0.2) is 18.9 Å². The highest BCUT2D eigenvalue weighted by Crippen LogP contribution is 2.33. The van der Waals surface area contributed by atoms with Crippen molar-refractivity contribution in [2.45, 2.75) is 407 Å². The second-order valence-corrected chi connectivity index (χ2v) is 27.8. The molecule has 0 saturated carbocycles. The van der Waals surface area contributed by atoms with Crippen LogP contribution in [0.1, 0.15) is 303 Å². The van der Waals surface area contributed by atoms with E-state index in [0.717, 1.165) is 44.9 Å². The molecule has 3 aliphatic rings. The third kappa shape index (κ3) is 38.7. The number of unbranched alkanes of at least 4 members (excludes halogenated alkanes) is 39. The van der Waals surface area contributed by atoms with Crippen molar-refractivity contribution in [2.75, 3.05) is 26.4 Å². The first-order valence-electron chi connectivity index (χ1n) is 38.9. The fraction of sp³-hybridized carbons (Fsp3) is 0.883. The van der Waals surface area contributed by atoms with Crippen molar-refractivity contribution in [3.8, 4) is 0 Å². The normalized spacial score (nSPS) is 27.3. The van der Waals surface area contributed by atoms with Gasteiger partial charge in [-0.25, -0.2) is 0 Å². The number of amides is 1. The number of aliphatic hydroxyl groups is 11. The zero-order valence-corrected chi connectivity index (χ0v) is 59.9. The van der Waals surface area contributed by atoms with Crippen LogP contribution in [0.25, 0.3) is 0 Å². The molecule has 3 saturated heterocycles. The number of hydrogen-bond donors (Lipinski definition) is 12. The predicted molar refractivity (Wildman–Crippen MR) is 379 cm³/mol. The number of rotatable bonds is 61. The van der Waals surface area contributed by atoms with Gasteiger partial charge in [-0.15, -0.1) is 0 Å². The van der Waals surface area contributed by atoms with Crippen LogP contribution in [0.2, 0.25) is 0 Å². The van der Waals surface area contributed by atoms with Crippen LogP contribution in [-0.4, -0.2) is 193 Å². The Labute approximate surface area is 580 Å². The molecule has 12 N–H and O–H groups in total. The molecule has 0 aromatic carbocycles. The van der Waals surface area contributed by atoms with Crippen molar-refractivity contribution in [1.82, 2.24) is 5.32 Å². The second kappa shape index (κ2) is 58.3. The number of aliphatic hydroxyl groups excluding tert-OH is 11. The molecule has 19 nitrogen and oxygen atoms in total. The highest BCUT2D eigenvalue weighted by atomic mass is 16.8. The lowest BCUT2D eigenvalue weighted by atomic mass is 9.96. The van der Waals surface area contributed by atoms with Gasteiger partial charge in [-0.05, 0) is 70.6 Å². The van der Waals surface area contributed by atoms with Crippen molar-refractivity contribution >= 4 is 5.91 Å². The van der Waals surface area contributed by atoms with Gasteiger partial charge >= 0.3 is 0 Å². The van der Waals surface area contributed by atoms with E-state index in [-0.39, 0.29) is 18.9 Å². The van der Waals surface area contributed by atoms with Crippen molar-refractivity contribution in [2.24, 2.45) is 0 Å². The third-order valence-electron chi connectivity index (χ3n) is 19.3. The first kappa shape index (κ1) is 88.0. The lowest BCUT2D eigenvalue weighted by Crippen LogP contribution is -2.66. The van der Waals surface area contributed by atoms with Gasteiger partial charge in [0, 0.05) is 6.42 Å². The molecule has 0 radical (unpaired) electrons. The summed E-state index contributed by atoms with van der Waals surface area (Å²) in [5.41, 5.74) is 0. The summed E-state index contributed by atoms with van der Waals surface area (Å²) >= 11 is 0. The Hall–Kier alpha value is -2.25. The summed E-state index contributed by atoms with van der Waals surface area (Å²) in [5, 5.41) is 121. The minimum absolute atomic E-state index is 0.235. The van der Waals surface area contributed by atoms with Crippen molar-refractivity contribution in [3.63, 3.8) is 0 Å². The first-order chi connectivity index (χ1) is 46.8. The molecule has 17 atom stereocenters. The number of hydrogen-bond acceptors (Lipinski definition) is 18. The standard InChI is InChI=1S/C77H141NO18/c1-3-5-7-9-11-13-15-17-19-21-23-24-25-26-27-28-29-30-31-32-33-34-35-36-37-39-41-43-45-47-49-51-53-55-65(83)78-60(61(82)54-52-50-48-46-44-42-40-38-22-20-18-16-14-12-10-8-6-4-2)59-91-75-71(89)68(86)73(63(57-80)93-75)96-77-72(90)69(87)74(64(58-81)94-77)95-76-70(88)67(85)66(84)62(56-79)92-76/h21-23,38,44,46,52,54,60-64,66-77,79-82,84-90H,3-20,24-37,39-43,45,47-51,53,55-59H2,1-2H3,(H,78,83)/b23-21-,38-22+,46-44+,54-52+. The molecule has 0 aliphatic carbocycles. The average Bonchev–Trinajstić information content (AvgIpc) is 0.787. The fourth-order valence-electron chi connectivity index (χ4n) is 13.0. The maximum Gasteiger partial charge on any atom is 0.220 e. The molecule has 0 bridgehead atoms. The predicted octanol–water partition coefficient (Wildman–Crippen LogP) is 12.1. The van der Waals surface area contributed by atoms with Crippen LogP contribution >= 0.6 is 0 Å². The zero-order valence-electron chi connectivity index (χ0n) is 59.9. The van der Waals surface area contributed by atoms with Crippen molar-refractivity contribution in [1.29, 1.82) is 0 Å². The maximum atomic E-state index is 13.4. The Bertz CT molecular complexity index is 1930. The Kier molecular flexibility index (Phi) is 53.4. The summed E-state index contributed by atoms with van der Waals surface area (Å²) in [7, 11) is 0. The van der Waals surface area contributed by atoms with Gasteiger partial charge in [-0.3, -0.25) is 4.79 Å². The lowest BCUT2D eigenvalue weighted by Gasteiger charge is -2.48. The molecule has 3 fully saturated rings. The van der Waals surface area contributed by atoms with Crippen LogP contribution in [0.4, 0.5) is 0 Å². The molecule has 17 unspecified atom stereocenters. The first-order valence-corrected chi connectivity index (χ1v) is 38.9. The highest BCUT2D eigenvalue weighted by molar-refractivity contribution is 5.76. The molecule has 19 heteroatoms. The van der Waals surface area contributed by atoms with E-state index in [1.54, 1.807) is 6.08 Å². The summed E-state index contributed by atoms with van der Waals surface area (Å²) in [6.45, 7) is 1.73. The molecule has 1 amide bonds. The van der Waals surface area contributed by atoms with E-state index in [2.05, 4.69) is 55.6 Å². The molecular weight excluding hydrogens is 1230 g/mol. The van der Waals surface area contributed by atoms with Crippen LogP contribution in [0.15, 0.2) is 48.6 Å². The van der Waals surface area contributed by atoms with Crippen LogP contribution in [0.5, 0.6) is 0 Å². The van der Waals surface area contributed by atoms with Gasteiger partial charge in [0.25, 0.3) is 0 Å². The fourth-order valence-corrected chi connectivity index (χ4v) is 13.0. The van der Waals surface area contributed by atoms with E-state index < -0.39 is 124 Å². The maximum absolute atomic E-state index is 13.4. The average molecular weight is 1370 g/mol. The molecule has 562 valence electrons. The molecule has 3 heterocycles. The number of allylic oxidation sites excluding steroid dienone is 7. The smallest absolute Gasteiger partial charge is 0.220 e. The van der Waals surface area contributed by atoms with Gasteiger partial charge < -0.3 is 89.9 Å². The van der Waals surface area contributed by atoms with Crippen LogP contribution < -0.4 is 5.32 Å². The van der Waals surface area contributed by atoms with Crippen molar-refractivity contribution < 1.29 is 89.4 Å². The third-order valence-corrected chi connectivity index (χ3v) is 19.3. The van der Waals surface area contributed by atoms with Crippen LogP contribution in [-0.2, 0) is 33.2 Å². The van der Waals surface area contributed by atoms with Crippen LogP contribution in [0, 0.1) is 0 Å². The molecule has 0 aromatic heterocycles. The number of carbonyl (C=O) groups excluding carboxylic acids is 1. The second-order valence-electron chi connectivity index (χ2n) is 27.8. The monoisotopic (exact) mass is 1370 g/mol. The number of ether oxygens (including phenoxy) is 6. The van der Waals surface area contributed by atoms with E-state index in [1.165, 1.54) is 225 Å². The summed E-state index contributed by atoms with van der Waals surface area (Å²) in [4.78, 5) is 13.4. The summed E-state index contributed by atoms with van der Waals surface area (Å²) in [6, 6.07) is -0.996. The molecule has 0 aromatic rings. The number of carbonyl (C=O) groups is 1. The minimum atomic E-state index is -1.98. The summed E-state index contributed by atoms with van der Waals surface area (Å²) in [5.74, 6) is -0.285. The lowest BCUT2D eigenvalue weighted by molar-refractivity contribution is -0.379. The largest absolute Gasteiger partial charge is 0.394 e. The topological polar surface area (TPSA) is 307 Å². The van der Waals surface area contributed by atoms with E-state index in [9.17, 15) is 61.0 Å². The Morgan fingerprint density at radius 3 is 1.04 bits per heavy atom. The van der Waals surface area contributed by atoms with Gasteiger partial charge in [0.05, 0.1) is 38.6 Å². The molecule has 96 heavy (non-hydrogen) atoms. The number of nitrogens with one attached hydrogen (secondary N) is 1. The zero-order chi connectivity index (χ0) is 69.6. The van der Waals surface area contributed by atoms with E-state index >= 15 is 0 Å². The highest BCUT2D eigenvalue weighted by Gasteiger charge is 2.53. The van der Waals surface area contributed by atoms with Gasteiger partial charge in [-0.1, -0.05) is 274 Å². The van der Waals surface area contributed by atoms with E-state index in [1.807, 2.05) is 6.08 Å². The van der Waals surface area contributed by atoms with Gasteiger partial charge in [0.1, 0.15) is 73.2 Å². The van der Waals surface area contributed by atoms with E-state index in [4.69, 9.17) is 28.4 Å². The summed E-state index contributed by atoms with van der Waals surface area (Å²) < 4.78 is 34.4. The van der Waals surface area contributed by atoms with Crippen LogP contribution in [0.3, 0.4) is 0 Å². The Morgan fingerprint density at radius 2 is 0.667 bits per heavy atom. The molecule has 3 rings (SSSR count). The Balaban J connectivity index is 1.36. The van der Waals surface area contributed by atoms with Gasteiger partial charge in [0.2, 0.25) is 5.91 Å². The molecule has 3 aliphatic heterocycles. The molecule has 0 spiro atoms. The quantitative estimate of drug-likeness (QED) is 0.0199. The van der Waals surface area contributed by atoms with Gasteiger partial charge in [-0.2, -0.15) is 0 Å². The summed E-state index contributed by atoms with van der Waals surface area (Å²) in [6.07, 6.45) is 45.4. The van der Waals surface area contributed by atoms with E-state index in [0.29, 0.717) is 12.8 Å². The van der Waals surface area contributed by atoms with Crippen molar-refractivity contribution in [3.05, 3.63) is 48.6 Å². The minimum Gasteiger partial charge on any atom is -0.394 e.